The quantitative estimate of drug-likeness (QED) is 0.906. The summed E-state index contributed by atoms with van der Waals surface area (Å²) >= 11 is 0. The molecule has 0 amide bonds. The number of ether oxygens (including phenoxy) is 1. The molecule has 0 aliphatic carbocycles. The summed E-state index contributed by atoms with van der Waals surface area (Å²) in [5.41, 5.74) is -0.275. The third-order valence-corrected chi connectivity index (χ3v) is 2.92. The highest BCUT2D eigenvalue weighted by molar-refractivity contribution is 5.31. The Bertz CT molecular complexity index is 444. The topological polar surface area (TPSA) is 47.0 Å². The van der Waals surface area contributed by atoms with Crippen molar-refractivity contribution in [3.63, 3.8) is 0 Å². The fraction of sp³-hybridized carbons (Fsp3) is 0.636. The van der Waals surface area contributed by atoms with Crippen molar-refractivity contribution in [1.29, 1.82) is 0 Å². The van der Waals surface area contributed by atoms with Gasteiger partial charge in [0, 0.05) is 25.8 Å². The molecule has 1 aromatic rings. The molecule has 1 unspecified atom stereocenters. The van der Waals surface area contributed by atoms with Crippen LogP contribution in [0.15, 0.2) is 0 Å². The van der Waals surface area contributed by atoms with E-state index in [1.165, 1.54) is 7.11 Å². The van der Waals surface area contributed by atoms with Crippen molar-refractivity contribution < 1.29 is 17.9 Å². The second-order valence-electron chi connectivity index (χ2n) is 4.09. The molecule has 18 heavy (non-hydrogen) atoms. The lowest BCUT2D eigenvalue weighted by molar-refractivity contribution is -0.142. The number of aromatic nitrogens is 2. The van der Waals surface area contributed by atoms with Crippen LogP contribution < -0.4 is 5.32 Å². The summed E-state index contributed by atoms with van der Waals surface area (Å²) in [5.74, 6) is 0.106. The van der Waals surface area contributed by atoms with Crippen molar-refractivity contribution in [3.05, 3.63) is 22.8 Å². The average Bonchev–Trinajstić information content (AvgIpc) is 2.76. The van der Waals surface area contributed by atoms with Crippen LogP contribution in [0.25, 0.3) is 0 Å². The van der Waals surface area contributed by atoms with E-state index in [-0.39, 0.29) is 17.9 Å². The van der Waals surface area contributed by atoms with Gasteiger partial charge in [-0.25, -0.2) is 9.97 Å². The molecule has 1 N–H and O–H groups in total. The van der Waals surface area contributed by atoms with E-state index >= 15 is 0 Å². The molecule has 0 saturated carbocycles. The Hall–Kier alpha value is -1.21. The number of rotatable bonds is 3. The molecule has 2 heterocycles. The van der Waals surface area contributed by atoms with E-state index in [2.05, 4.69) is 15.3 Å². The lowest BCUT2D eigenvalue weighted by Gasteiger charge is -2.16. The molecule has 1 aliphatic rings. The summed E-state index contributed by atoms with van der Waals surface area (Å²) in [5, 5.41) is 2.86. The highest BCUT2D eigenvalue weighted by Gasteiger charge is 2.39. The second kappa shape index (κ2) is 4.81. The summed E-state index contributed by atoms with van der Waals surface area (Å²) in [6.45, 7) is 2.32. The molecule has 100 valence electrons. The molecular weight excluding hydrogens is 247 g/mol. The van der Waals surface area contributed by atoms with Gasteiger partial charge >= 0.3 is 6.18 Å². The van der Waals surface area contributed by atoms with E-state index in [4.69, 9.17) is 4.74 Å². The maximum atomic E-state index is 12.9. The zero-order valence-corrected chi connectivity index (χ0v) is 10.1. The van der Waals surface area contributed by atoms with Gasteiger partial charge in [0.05, 0.1) is 5.69 Å². The van der Waals surface area contributed by atoms with Gasteiger partial charge in [0.25, 0.3) is 0 Å². The molecule has 0 aromatic carbocycles. The van der Waals surface area contributed by atoms with E-state index in [1.54, 1.807) is 0 Å². The standard InChI is InChI=1S/C11H14F3N3O/c1-3-8(18-2)10-16-7-5-15-4-6(7)9(17-10)11(12,13)14/h8,15H,3-5H2,1-2H3. The van der Waals surface area contributed by atoms with Gasteiger partial charge in [0.2, 0.25) is 0 Å². The highest BCUT2D eigenvalue weighted by Crippen LogP contribution is 2.34. The maximum Gasteiger partial charge on any atom is 0.433 e. The minimum absolute atomic E-state index is 0.106. The van der Waals surface area contributed by atoms with Gasteiger partial charge in [0.15, 0.2) is 11.5 Å². The van der Waals surface area contributed by atoms with Crippen LogP contribution >= 0.6 is 0 Å². The smallest absolute Gasteiger partial charge is 0.373 e. The van der Waals surface area contributed by atoms with Gasteiger partial charge in [-0.05, 0) is 6.42 Å². The first-order chi connectivity index (χ1) is 8.47. The minimum atomic E-state index is -4.46. The van der Waals surface area contributed by atoms with E-state index in [0.717, 1.165) is 0 Å². The lowest BCUT2D eigenvalue weighted by atomic mass is 10.1. The number of nitrogens with one attached hydrogen (secondary N) is 1. The number of methoxy groups -OCH3 is 1. The number of hydrogen-bond acceptors (Lipinski definition) is 4. The van der Waals surface area contributed by atoms with Crippen LogP contribution in [-0.2, 0) is 24.0 Å². The first kappa shape index (κ1) is 13.2. The minimum Gasteiger partial charge on any atom is -0.373 e. The fourth-order valence-corrected chi connectivity index (χ4v) is 2.02. The Balaban J connectivity index is 2.52. The van der Waals surface area contributed by atoms with Crippen LogP contribution in [0.2, 0.25) is 0 Å². The molecule has 0 bridgehead atoms. The zero-order chi connectivity index (χ0) is 13.3. The van der Waals surface area contributed by atoms with Gasteiger partial charge in [0.1, 0.15) is 6.10 Å². The van der Waals surface area contributed by atoms with Gasteiger partial charge in [-0.3, -0.25) is 0 Å². The number of hydrogen-bond donors (Lipinski definition) is 1. The van der Waals surface area contributed by atoms with Crippen molar-refractivity contribution >= 4 is 0 Å². The molecule has 0 saturated heterocycles. The summed E-state index contributed by atoms with van der Waals surface area (Å²) < 4.78 is 43.9. The van der Waals surface area contributed by atoms with Gasteiger partial charge in [-0.2, -0.15) is 13.2 Å². The van der Waals surface area contributed by atoms with Gasteiger partial charge in [-0.1, -0.05) is 6.92 Å². The molecule has 0 radical (unpaired) electrons. The van der Waals surface area contributed by atoms with Gasteiger partial charge in [-0.15, -0.1) is 0 Å². The van der Waals surface area contributed by atoms with E-state index in [9.17, 15) is 13.2 Å². The first-order valence-corrected chi connectivity index (χ1v) is 5.67. The van der Waals surface area contributed by atoms with Crippen LogP contribution in [0.3, 0.4) is 0 Å². The van der Waals surface area contributed by atoms with E-state index < -0.39 is 18.0 Å². The van der Waals surface area contributed by atoms with Crippen LogP contribution in [0, 0.1) is 0 Å². The third-order valence-electron chi connectivity index (χ3n) is 2.92. The Kier molecular flexibility index (Phi) is 3.54. The Morgan fingerprint density at radius 1 is 1.33 bits per heavy atom. The Labute approximate surface area is 103 Å². The average molecular weight is 261 g/mol. The largest absolute Gasteiger partial charge is 0.433 e. The Morgan fingerprint density at radius 3 is 2.61 bits per heavy atom. The number of fused-ring (bicyclic) bond motifs is 1. The molecular formula is C11H14F3N3O. The van der Waals surface area contributed by atoms with Gasteiger partial charge < -0.3 is 10.1 Å². The van der Waals surface area contributed by atoms with Crippen molar-refractivity contribution in [3.8, 4) is 0 Å². The molecule has 2 rings (SSSR count). The summed E-state index contributed by atoms with van der Waals surface area (Å²) in [6.07, 6.45) is -4.43. The summed E-state index contributed by atoms with van der Waals surface area (Å²) in [6, 6.07) is 0. The number of halogens is 3. The van der Waals surface area contributed by atoms with Crippen LogP contribution in [0.5, 0.6) is 0 Å². The third kappa shape index (κ3) is 2.32. The van der Waals surface area contributed by atoms with Crippen LogP contribution in [0.1, 0.15) is 42.2 Å². The van der Waals surface area contributed by atoms with Crippen LogP contribution in [0.4, 0.5) is 13.2 Å². The number of alkyl halides is 3. The maximum absolute atomic E-state index is 12.9. The summed E-state index contributed by atoms with van der Waals surface area (Å²) in [4.78, 5) is 7.83. The molecule has 1 atom stereocenters. The molecule has 1 aromatic heterocycles. The predicted octanol–water partition coefficient (Wildman–Crippen LogP) is 2.20. The molecule has 0 fully saturated rings. The Morgan fingerprint density at radius 2 is 2.06 bits per heavy atom. The second-order valence-corrected chi connectivity index (χ2v) is 4.09. The molecule has 4 nitrogen and oxygen atoms in total. The monoisotopic (exact) mass is 261 g/mol. The van der Waals surface area contributed by atoms with Crippen molar-refractivity contribution in [1.82, 2.24) is 15.3 Å². The predicted molar refractivity (Wildman–Crippen MR) is 57.6 cm³/mol. The van der Waals surface area contributed by atoms with Crippen LogP contribution in [-0.4, -0.2) is 17.1 Å². The highest BCUT2D eigenvalue weighted by atomic mass is 19.4. The SMILES string of the molecule is CCC(OC)c1nc2c(c(C(F)(F)F)n1)CNC2. The van der Waals surface area contributed by atoms with Crippen molar-refractivity contribution in [2.75, 3.05) is 7.11 Å². The van der Waals surface area contributed by atoms with Crippen molar-refractivity contribution in [2.24, 2.45) is 0 Å². The number of nitrogens with zero attached hydrogens (tertiary/aromatic N) is 2. The van der Waals surface area contributed by atoms with Crippen molar-refractivity contribution in [2.45, 2.75) is 38.7 Å². The molecule has 0 spiro atoms. The van der Waals surface area contributed by atoms with E-state index in [0.29, 0.717) is 18.7 Å². The normalized spacial score (nSPS) is 16.7. The van der Waals surface area contributed by atoms with E-state index in [1.807, 2.05) is 6.92 Å². The lowest BCUT2D eigenvalue weighted by Crippen LogP contribution is -2.17. The fourth-order valence-electron chi connectivity index (χ4n) is 2.02. The first-order valence-electron chi connectivity index (χ1n) is 5.67. The molecule has 1 aliphatic heterocycles. The zero-order valence-electron chi connectivity index (χ0n) is 10.1. The molecule has 7 heteroatoms. The summed E-state index contributed by atoms with van der Waals surface area (Å²) in [7, 11) is 1.44.